The van der Waals surface area contributed by atoms with Gasteiger partial charge in [0.2, 0.25) is 11.7 Å². The Morgan fingerprint density at radius 2 is 2.05 bits per heavy atom. The molecule has 1 aromatic heterocycles. The number of nitro groups is 1. The molecule has 1 heterocycles. The molecule has 20 heavy (non-hydrogen) atoms. The van der Waals surface area contributed by atoms with Gasteiger partial charge in [-0.3, -0.25) is 10.1 Å². The SMILES string of the molecule is COc1ccc([N+](=O)[O-])c(NC2C3C4CCC(C4)C23)n1. The lowest BCUT2D eigenvalue weighted by molar-refractivity contribution is -0.384. The van der Waals surface area contributed by atoms with Crippen LogP contribution in [-0.2, 0) is 0 Å². The van der Waals surface area contributed by atoms with Crippen molar-refractivity contribution in [3.63, 3.8) is 0 Å². The fraction of sp³-hybridized carbons (Fsp3) is 0.643. The summed E-state index contributed by atoms with van der Waals surface area (Å²) in [7, 11) is 1.52. The molecule has 3 saturated carbocycles. The molecule has 0 spiro atoms. The normalized spacial score (nSPS) is 36.5. The summed E-state index contributed by atoms with van der Waals surface area (Å²) < 4.78 is 5.07. The van der Waals surface area contributed by atoms with Gasteiger partial charge in [0.1, 0.15) is 0 Å². The number of nitrogens with zero attached hydrogens (tertiary/aromatic N) is 2. The van der Waals surface area contributed by atoms with Crippen LogP contribution < -0.4 is 10.1 Å². The van der Waals surface area contributed by atoms with E-state index in [9.17, 15) is 10.1 Å². The van der Waals surface area contributed by atoms with Gasteiger partial charge in [-0.25, -0.2) is 0 Å². The summed E-state index contributed by atoms with van der Waals surface area (Å²) in [6.45, 7) is 0. The van der Waals surface area contributed by atoms with Crippen molar-refractivity contribution in [1.29, 1.82) is 0 Å². The van der Waals surface area contributed by atoms with E-state index in [1.807, 2.05) is 0 Å². The third kappa shape index (κ3) is 1.60. The summed E-state index contributed by atoms with van der Waals surface area (Å²) in [5.74, 6) is 3.84. The second kappa shape index (κ2) is 4.07. The molecule has 0 aromatic carbocycles. The fourth-order valence-electron chi connectivity index (χ4n) is 4.48. The molecule has 3 aliphatic rings. The standard InChI is InChI=1S/C14H17N3O3/c1-20-10-5-4-9(17(18)19)14(15-10)16-13-11-7-2-3-8(6-7)12(11)13/h4-5,7-8,11-13H,2-3,6H2,1H3,(H,15,16). The van der Waals surface area contributed by atoms with E-state index in [1.54, 1.807) is 0 Å². The molecule has 4 rings (SSSR count). The predicted molar refractivity (Wildman–Crippen MR) is 72.7 cm³/mol. The number of anilines is 1. The summed E-state index contributed by atoms with van der Waals surface area (Å²) >= 11 is 0. The minimum absolute atomic E-state index is 0.0307. The zero-order valence-electron chi connectivity index (χ0n) is 11.3. The lowest BCUT2D eigenvalue weighted by Crippen LogP contribution is -2.15. The van der Waals surface area contributed by atoms with E-state index < -0.39 is 0 Å². The van der Waals surface area contributed by atoms with Gasteiger partial charge in [-0.05, 0) is 42.9 Å². The second-order valence-corrected chi connectivity index (χ2v) is 6.14. The van der Waals surface area contributed by atoms with E-state index in [-0.39, 0.29) is 10.6 Å². The first kappa shape index (κ1) is 11.9. The minimum atomic E-state index is -0.387. The molecular weight excluding hydrogens is 258 g/mol. The second-order valence-electron chi connectivity index (χ2n) is 6.14. The van der Waals surface area contributed by atoms with Crippen LogP contribution in [0.15, 0.2) is 12.1 Å². The van der Waals surface area contributed by atoms with Crippen molar-refractivity contribution in [2.24, 2.45) is 23.7 Å². The predicted octanol–water partition coefficient (Wildman–Crippen LogP) is 2.45. The molecule has 4 atom stereocenters. The van der Waals surface area contributed by atoms with Crippen molar-refractivity contribution in [2.75, 3.05) is 12.4 Å². The van der Waals surface area contributed by atoms with Gasteiger partial charge in [0, 0.05) is 18.2 Å². The third-order valence-corrected chi connectivity index (χ3v) is 5.29. The van der Waals surface area contributed by atoms with Gasteiger partial charge >= 0.3 is 5.69 Å². The lowest BCUT2D eigenvalue weighted by atomic mass is 10.0. The van der Waals surface area contributed by atoms with E-state index >= 15 is 0 Å². The maximum absolute atomic E-state index is 11.1. The van der Waals surface area contributed by atoms with Crippen molar-refractivity contribution < 1.29 is 9.66 Å². The number of ether oxygens (including phenoxy) is 1. The molecule has 1 aromatic rings. The number of hydrogen-bond donors (Lipinski definition) is 1. The first-order valence-corrected chi connectivity index (χ1v) is 7.15. The van der Waals surface area contributed by atoms with Crippen LogP contribution in [0.25, 0.3) is 0 Å². The molecule has 0 radical (unpaired) electrons. The first-order chi connectivity index (χ1) is 9.69. The zero-order chi connectivity index (χ0) is 13.9. The van der Waals surface area contributed by atoms with E-state index in [0.717, 1.165) is 11.8 Å². The van der Waals surface area contributed by atoms with Gasteiger partial charge in [-0.1, -0.05) is 0 Å². The highest BCUT2D eigenvalue weighted by molar-refractivity contribution is 5.58. The van der Waals surface area contributed by atoms with Gasteiger partial charge in [0.25, 0.3) is 0 Å². The molecule has 3 fully saturated rings. The first-order valence-electron chi connectivity index (χ1n) is 7.15. The van der Waals surface area contributed by atoms with Crippen molar-refractivity contribution in [1.82, 2.24) is 4.98 Å². The topological polar surface area (TPSA) is 77.3 Å². The third-order valence-electron chi connectivity index (χ3n) is 5.29. The maximum Gasteiger partial charge on any atom is 0.311 e. The van der Waals surface area contributed by atoms with Crippen LogP contribution >= 0.6 is 0 Å². The maximum atomic E-state index is 11.1. The van der Waals surface area contributed by atoms with Crippen LogP contribution in [0.2, 0.25) is 0 Å². The molecular formula is C14H17N3O3. The summed E-state index contributed by atoms with van der Waals surface area (Å²) in [6, 6.07) is 3.36. The van der Waals surface area contributed by atoms with Gasteiger partial charge in [-0.2, -0.15) is 4.98 Å². The molecule has 1 N–H and O–H groups in total. The number of hydrogen-bond acceptors (Lipinski definition) is 5. The smallest absolute Gasteiger partial charge is 0.311 e. The van der Waals surface area contributed by atoms with Gasteiger partial charge in [-0.15, -0.1) is 0 Å². The highest BCUT2D eigenvalue weighted by Crippen LogP contribution is 2.66. The van der Waals surface area contributed by atoms with Crippen LogP contribution in [0.5, 0.6) is 5.88 Å². The Bertz CT molecular complexity index is 561. The number of aromatic nitrogens is 1. The fourth-order valence-corrected chi connectivity index (χ4v) is 4.48. The molecule has 6 heteroatoms. The van der Waals surface area contributed by atoms with Crippen LogP contribution in [-0.4, -0.2) is 23.1 Å². The van der Waals surface area contributed by atoms with Crippen LogP contribution in [0.3, 0.4) is 0 Å². The highest BCUT2D eigenvalue weighted by Gasteiger charge is 2.65. The van der Waals surface area contributed by atoms with Crippen LogP contribution in [0.4, 0.5) is 11.5 Å². The Kier molecular flexibility index (Phi) is 2.43. The summed E-state index contributed by atoms with van der Waals surface area (Å²) in [5.41, 5.74) is 0.0307. The quantitative estimate of drug-likeness (QED) is 0.674. The number of methoxy groups -OCH3 is 1. The molecule has 0 amide bonds. The molecule has 3 aliphatic carbocycles. The van der Waals surface area contributed by atoms with Crippen molar-refractivity contribution in [2.45, 2.75) is 25.3 Å². The highest BCUT2D eigenvalue weighted by atomic mass is 16.6. The van der Waals surface area contributed by atoms with Crippen molar-refractivity contribution >= 4 is 11.5 Å². The van der Waals surface area contributed by atoms with Crippen LogP contribution in [0, 0.1) is 33.8 Å². The molecule has 0 saturated heterocycles. The van der Waals surface area contributed by atoms with Crippen molar-refractivity contribution in [3.8, 4) is 5.88 Å². The monoisotopic (exact) mass is 275 g/mol. The number of rotatable bonds is 4. The lowest BCUT2D eigenvalue weighted by Gasteiger charge is -2.11. The van der Waals surface area contributed by atoms with E-state index in [2.05, 4.69) is 10.3 Å². The van der Waals surface area contributed by atoms with E-state index in [1.165, 1.54) is 38.5 Å². The Balaban J connectivity index is 1.58. The van der Waals surface area contributed by atoms with E-state index in [4.69, 9.17) is 4.74 Å². The number of nitrogens with one attached hydrogen (secondary N) is 1. The summed E-state index contributed by atoms with van der Waals surface area (Å²) in [6.07, 6.45) is 4.02. The van der Waals surface area contributed by atoms with Gasteiger partial charge in [0.05, 0.1) is 12.0 Å². The number of pyridine rings is 1. The molecule has 106 valence electrons. The Labute approximate surface area is 116 Å². The Morgan fingerprint density at radius 3 is 2.65 bits per heavy atom. The zero-order valence-corrected chi connectivity index (χ0v) is 11.3. The molecule has 6 nitrogen and oxygen atoms in total. The van der Waals surface area contributed by atoms with Crippen molar-refractivity contribution in [3.05, 3.63) is 22.2 Å². The largest absolute Gasteiger partial charge is 0.481 e. The Hall–Kier alpha value is -1.85. The van der Waals surface area contributed by atoms with Gasteiger partial charge < -0.3 is 10.1 Å². The molecule has 0 aliphatic heterocycles. The Morgan fingerprint density at radius 1 is 1.35 bits per heavy atom. The summed E-state index contributed by atoms with van der Waals surface area (Å²) in [4.78, 5) is 14.9. The van der Waals surface area contributed by atoms with Gasteiger partial charge in [0.15, 0.2) is 0 Å². The average Bonchev–Trinajstić information content (AvgIpc) is 2.84. The molecule has 2 bridgehead atoms. The number of fused-ring (bicyclic) bond motifs is 5. The van der Waals surface area contributed by atoms with E-state index in [0.29, 0.717) is 29.6 Å². The van der Waals surface area contributed by atoms with Crippen LogP contribution in [0.1, 0.15) is 19.3 Å². The minimum Gasteiger partial charge on any atom is -0.481 e. The molecule has 4 unspecified atom stereocenters. The summed E-state index contributed by atoms with van der Waals surface area (Å²) in [5, 5.41) is 14.4. The average molecular weight is 275 g/mol.